The molecule has 0 aromatic heterocycles. The van der Waals surface area contributed by atoms with E-state index in [2.05, 4.69) is 5.32 Å². The number of ether oxygens (including phenoxy) is 1. The highest BCUT2D eigenvalue weighted by atomic mass is 35.5. The molecule has 2 amide bonds. The Labute approximate surface area is 161 Å². The second-order valence-corrected chi connectivity index (χ2v) is 6.98. The van der Waals surface area contributed by atoms with Gasteiger partial charge in [0.15, 0.2) is 0 Å². The zero-order chi connectivity index (χ0) is 18.7. The minimum atomic E-state index is -0.410. The molecule has 26 heavy (non-hydrogen) atoms. The van der Waals surface area contributed by atoms with Crippen molar-refractivity contribution in [1.82, 2.24) is 4.90 Å². The van der Waals surface area contributed by atoms with Crippen LogP contribution in [0.1, 0.15) is 12.0 Å². The van der Waals surface area contributed by atoms with Crippen LogP contribution in [0.5, 0.6) is 5.75 Å². The molecule has 3 rings (SSSR count). The number of hydrogen-bond donors (Lipinski definition) is 1. The average Bonchev–Trinajstić information content (AvgIpc) is 2.99. The number of likely N-dealkylation sites (tertiary alicyclic amines) is 1. The molecule has 136 valence electrons. The number of amides is 2. The standard InChI is InChI=1S/C19H18Cl2N2O3/c1-26-15-5-2-12(3-6-15)10-23-11-13(8-18(23)24)19(25)22-17-7-4-14(20)9-16(17)21/h2-7,9,13H,8,10-11H2,1H3,(H,22,25)/t13-/m0/s1. The Hall–Kier alpha value is -2.24. The summed E-state index contributed by atoms with van der Waals surface area (Å²) < 4.78 is 5.13. The van der Waals surface area contributed by atoms with Crippen LogP contribution in [0.2, 0.25) is 10.0 Å². The van der Waals surface area contributed by atoms with Crippen LogP contribution in [0.3, 0.4) is 0 Å². The van der Waals surface area contributed by atoms with Crippen LogP contribution >= 0.6 is 23.2 Å². The predicted octanol–water partition coefficient (Wildman–Crippen LogP) is 3.99. The smallest absolute Gasteiger partial charge is 0.229 e. The molecule has 0 saturated carbocycles. The summed E-state index contributed by atoms with van der Waals surface area (Å²) in [7, 11) is 1.61. The fourth-order valence-corrected chi connectivity index (χ4v) is 3.33. The maximum atomic E-state index is 12.5. The molecule has 0 bridgehead atoms. The summed E-state index contributed by atoms with van der Waals surface area (Å²) in [5, 5.41) is 3.64. The Bertz CT molecular complexity index is 824. The summed E-state index contributed by atoms with van der Waals surface area (Å²) in [6.45, 7) is 0.843. The van der Waals surface area contributed by atoms with Gasteiger partial charge in [-0.3, -0.25) is 9.59 Å². The number of benzene rings is 2. The zero-order valence-electron chi connectivity index (χ0n) is 14.2. The molecule has 1 heterocycles. The van der Waals surface area contributed by atoms with E-state index in [4.69, 9.17) is 27.9 Å². The van der Waals surface area contributed by atoms with Gasteiger partial charge < -0.3 is 15.0 Å². The monoisotopic (exact) mass is 392 g/mol. The topological polar surface area (TPSA) is 58.6 Å². The molecular weight excluding hydrogens is 375 g/mol. The number of methoxy groups -OCH3 is 1. The lowest BCUT2D eigenvalue weighted by atomic mass is 10.1. The van der Waals surface area contributed by atoms with Crippen molar-refractivity contribution in [3.05, 3.63) is 58.1 Å². The third-order valence-corrected chi connectivity index (χ3v) is 4.85. The first kappa shape index (κ1) is 18.5. The SMILES string of the molecule is COc1ccc(CN2C[C@@H](C(=O)Nc3ccc(Cl)cc3Cl)CC2=O)cc1. The van der Waals surface area contributed by atoms with Crippen LogP contribution in [0.4, 0.5) is 5.69 Å². The molecule has 1 aliphatic rings. The highest BCUT2D eigenvalue weighted by molar-refractivity contribution is 6.36. The lowest BCUT2D eigenvalue weighted by molar-refractivity contribution is -0.128. The minimum absolute atomic E-state index is 0.0387. The lowest BCUT2D eigenvalue weighted by Gasteiger charge is -2.17. The van der Waals surface area contributed by atoms with Gasteiger partial charge in [0.2, 0.25) is 11.8 Å². The largest absolute Gasteiger partial charge is 0.497 e. The van der Waals surface area contributed by atoms with Gasteiger partial charge in [-0.15, -0.1) is 0 Å². The molecule has 2 aromatic carbocycles. The van der Waals surface area contributed by atoms with Gasteiger partial charge in [0.1, 0.15) is 5.75 Å². The average molecular weight is 393 g/mol. The van der Waals surface area contributed by atoms with Gasteiger partial charge in [-0.25, -0.2) is 0 Å². The molecule has 1 aliphatic heterocycles. The molecule has 1 fully saturated rings. The van der Waals surface area contributed by atoms with Crippen LogP contribution in [-0.2, 0) is 16.1 Å². The Morgan fingerprint density at radius 1 is 1.23 bits per heavy atom. The quantitative estimate of drug-likeness (QED) is 0.836. The van der Waals surface area contributed by atoms with Gasteiger partial charge in [-0.1, -0.05) is 35.3 Å². The van der Waals surface area contributed by atoms with Crippen molar-refractivity contribution < 1.29 is 14.3 Å². The fourth-order valence-electron chi connectivity index (χ4n) is 2.88. The maximum absolute atomic E-state index is 12.5. The van der Waals surface area contributed by atoms with E-state index in [1.54, 1.807) is 30.2 Å². The molecule has 0 radical (unpaired) electrons. The molecule has 1 atom stereocenters. The van der Waals surface area contributed by atoms with E-state index >= 15 is 0 Å². The van der Waals surface area contributed by atoms with Crippen molar-refractivity contribution in [1.29, 1.82) is 0 Å². The molecule has 5 nitrogen and oxygen atoms in total. The molecule has 7 heteroatoms. The number of nitrogens with one attached hydrogen (secondary N) is 1. The van der Waals surface area contributed by atoms with Crippen molar-refractivity contribution in [2.75, 3.05) is 19.0 Å². The van der Waals surface area contributed by atoms with Gasteiger partial charge >= 0.3 is 0 Å². The van der Waals surface area contributed by atoms with E-state index in [1.165, 1.54) is 0 Å². The minimum Gasteiger partial charge on any atom is -0.497 e. The van der Waals surface area contributed by atoms with E-state index in [9.17, 15) is 9.59 Å². The van der Waals surface area contributed by atoms with Crippen molar-refractivity contribution in [3.8, 4) is 5.75 Å². The highest BCUT2D eigenvalue weighted by Gasteiger charge is 2.34. The van der Waals surface area contributed by atoms with Crippen LogP contribution in [-0.4, -0.2) is 30.4 Å². The first-order chi connectivity index (χ1) is 12.5. The van der Waals surface area contributed by atoms with Gasteiger partial charge in [-0.05, 0) is 35.9 Å². The Morgan fingerprint density at radius 3 is 2.62 bits per heavy atom. The number of rotatable bonds is 5. The van der Waals surface area contributed by atoms with Crippen molar-refractivity contribution in [3.63, 3.8) is 0 Å². The van der Waals surface area contributed by atoms with E-state index in [1.807, 2.05) is 24.3 Å². The summed E-state index contributed by atoms with van der Waals surface area (Å²) in [5.41, 5.74) is 1.48. The number of carbonyl (C=O) groups is 2. The number of halogens is 2. The first-order valence-electron chi connectivity index (χ1n) is 8.13. The lowest BCUT2D eigenvalue weighted by Crippen LogP contribution is -2.28. The van der Waals surface area contributed by atoms with Crippen LogP contribution in [0, 0.1) is 5.92 Å². The number of carbonyl (C=O) groups excluding carboxylic acids is 2. The third kappa shape index (κ3) is 4.29. The van der Waals surface area contributed by atoms with Gasteiger partial charge in [0.25, 0.3) is 0 Å². The maximum Gasteiger partial charge on any atom is 0.229 e. The van der Waals surface area contributed by atoms with Crippen molar-refractivity contribution >= 4 is 40.7 Å². The molecule has 0 spiro atoms. The molecule has 1 N–H and O–H groups in total. The zero-order valence-corrected chi connectivity index (χ0v) is 15.7. The van der Waals surface area contributed by atoms with E-state index in [0.717, 1.165) is 11.3 Å². The molecule has 2 aromatic rings. The summed E-state index contributed by atoms with van der Waals surface area (Å²) >= 11 is 11.9. The number of nitrogens with zero attached hydrogens (tertiary/aromatic N) is 1. The number of hydrogen-bond acceptors (Lipinski definition) is 3. The Morgan fingerprint density at radius 2 is 1.96 bits per heavy atom. The molecule has 0 aliphatic carbocycles. The molecular formula is C19H18Cl2N2O3. The first-order valence-corrected chi connectivity index (χ1v) is 8.88. The Balaban J connectivity index is 1.61. The van der Waals surface area contributed by atoms with Crippen molar-refractivity contribution in [2.24, 2.45) is 5.92 Å². The second kappa shape index (κ2) is 7.98. The Kier molecular flexibility index (Phi) is 5.69. The van der Waals surface area contributed by atoms with E-state index in [0.29, 0.717) is 28.8 Å². The normalized spacial score (nSPS) is 16.7. The van der Waals surface area contributed by atoms with E-state index in [-0.39, 0.29) is 18.2 Å². The summed E-state index contributed by atoms with van der Waals surface area (Å²) in [6.07, 6.45) is 0.188. The van der Waals surface area contributed by atoms with Crippen LogP contribution in [0.25, 0.3) is 0 Å². The summed E-state index contributed by atoms with van der Waals surface area (Å²) in [6, 6.07) is 12.4. The molecule has 0 unspecified atom stereocenters. The summed E-state index contributed by atoms with van der Waals surface area (Å²) in [4.78, 5) is 26.4. The third-order valence-electron chi connectivity index (χ3n) is 4.31. The fraction of sp³-hybridized carbons (Fsp3) is 0.263. The van der Waals surface area contributed by atoms with Gasteiger partial charge in [0, 0.05) is 24.5 Å². The number of anilines is 1. The predicted molar refractivity (Wildman–Crippen MR) is 102 cm³/mol. The van der Waals surface area contributed by atoms with Crippen LogP contribution in [0.15, 0.2) is 42.5 Å². The molecule has 1 saturated heterocycles. The van der Waals surface area contributed by atoms with Crippen LogP contribution < -0.4 is 10.1 Å². The van der Waals surface area contributed by atoms with E-state index < -0.39 is 5.92 Å². The van der Waals surface area contributed by atoms with Gasteiger partial charge in [-0.2, -0.15) is 0 Å². The highest BCUT2D eigenvalue weighted by Crippen LogP contribution is 2.27. The van der Waals surface area contributed by atoms with Gasteiger partial charge in [0.05, 0.1) is 23.7 Å². The second-order valence-electron chi connectivity index (χ2n) is 6.14. The summed E-state index contributed by atoms with van der Waals surface area (Å²) in [5.74, 6) is 0.0917. The van der Waals surface area contributed by atoms with Crippen molar-refractivity contribution in [2.45, 2.75) is 13.0 Å².